The normalized spacial score (nSPS) is 14.0. The molecule has 2 atom stereocenters. The SMILES string of the molecule is Cc1cc(C)c(C(O)C(CC(=O)O)NCCCO)c(C)c1. The Hall–Kier alpha value is -1.43. The van der Waals surface area contributed by atoms with Gasteiger partial charge in [-0.25, -0.2) is 0 Å². The van der Waals surface area contributed by atoms with Crippen molar-refractivity contribution in [2.24, 2.45) is 0 Å². The van der Waals surface area contributed by atoms with Crippen LogP contribution in [0.25, 0.3) is 0 Å². The highest BCUT2D eigenvalue weighted by Crippen LogP contribution is 2.27. The van der Waals surface area contributed by atoms with Crippen LogP contribution in [0.5, 0.6) is 0 Å². The molecule has 0 spiro atoms. The minimum Gasteiger partial charge on any atom is -0.481 e. The quantitative estimate of drug-likeness (QED) is 0.545. The smallest absolute Gasteiger partial charge is 0.305 e. The van der Waals surface area contributed by atoms with Crippen molar-refractivity contribution in [3.8, 4) is 0 Å². The van der Waals surface area contributed by atoms with Gasteiger partial charge in [0.05, 0.1) is 12.5 Å². The first kappa shape index (κ1) is 17.6. The van der Waals surface area contributed by atoms with Gasteiger partial charge in [-0.2, -0.15) is 0 Å². The Bertz CT molecular complexity index is 464. The lowest BCUT2D eigenvalue weighted by molar-refractivity contribution is -0.138. The van der Waals surface area contributed by atoms with E-state index in [4.69, 9.17) is 10.2 Å². The summed E-state index contributed by atoms with van der Waals surface area (Å²) in [6, 6.07) is 3.39. The molecule has 0 aromatic heterocycles. The highest BCUT2D eigenvalue weighted by molar-refractivity contribution is 5.67. The predicted octanol–water partition coefficient (Wildman–Crippen LogP) is 1.46. The van der Waals surface area contributed by atoms with E-state index in [1.165, 1.54) is 0 Å². The van der Waals surface area contributed by atoms with Crippen molar-refractivity contribution >= 4 is 5.97 Å². The molecule has 0 saturated carbocycles. The molecule has 2 unspecified atom stereocenters. The highest BCUT2D eigenvalue weighted by Gasteiger charge is 2.25. The van der Waals surface area contributed by atoms with E-state index in [1.54, 1.807) is 0 Å². The molecule has 1 aromatic carbocycles. The highest BCUT2D eigenvalue weighted by atomic mass is 16.4. The van der Waals surface area contributed by atoms with Crippen molar-refractivity contribution in [2.75, 3.05) is 13.2 Å². The Morgan fingerprint density at radius 1 is 1.24 bits per heavy atom. The van der Waals surface area contributed by atoms with Gasteiger partial charge >= 0.3 is 5.97 Å². The van der Waals surface area contributed by atoms with Gasteiger partial charge in [0.15, 0.2) is 0 Å². The molecule has 1 aromatic rings. The molecule has 5 nitrogen and oxygen atoms in total. The first-order chi connectivity index (χ1) is 9.86. The predicted molar refractivity (Wildman–Crippen MR) is 81.4 cm³/mol. The summed E-state index contributed by atoms with van der Waals surface area (Å²) in [4.78, 5) is 11.0. The number of aliphatic hydroxyl groups is 2. The molecule has 118 valence electrons. The summed E-state index contributed by atoms with van der Waals surface area (Å²) in [7, 11) is 0. The van der Waals surface area contributed by atoms with E-state index in [0.29, 0.717) is 13.0 Å². The molecule has 4 N–H and O–H groups in total. The molecular formula is C16H25NO4. The molecule has 0 aliphatic carbocycles. The van der Waals surface area contributed by atoms with E-state index in [2.05, 4.69) is 5.32 Å². The number of nitrogens with one attached hydrogen (secondary N) is 1. The first-order valence-electron chi connectivity index (χ1n) is 7.18. The lowest BCUT2D eigenvalue weighted by Gasteiger charge is -2.26. The van der Waals surface area contributed by atoms with Crippen LogP contribution in [0, 0.1) is 20.8 Å². The van der Waals surface area contributed by atoms with Crippen LogP contribution in [-0.2, 0) is 4.79 Å². The van der Waals surface area contributed by atoms with Crippen molar-refractivity contribution in [2.45, 2.75) is 45.8 Å². The largest absolute Gasteiger partial charge is 0.481 e. The topological polar surface area (TPSA) is 89.8 Å². The summed E-state index contributed by atoms with van der Waals surface area (Å²) >= 11 is 0. The van der Waals surface area contributed by atoms with Gasteiger partial charge in [0.25, 0.3) is 0 Å². The van der Waals surface area contributed by atoms with Gasteiger partial charge in [0.1, 0.15) is 0 Å². The number of rotatable bonds is 8. The number of aliphatic hydroxyl groups excluding tert-OH is 2. The Kier molecular flexibility index (Phi) is 6.81. The molecule has 5 heteroatoms. The monoisotopic (exact) mass is 295 g/mol. The van der Waals surface area contributed by atoms with Crippen LogP contribution in [-0.4, -0.2) is 40.5 Å². The third-order valence-electron chi connectivity index (χ3n) is 3.55. The van der Waals surface area contributed by atoms with E-state index < -0.39 is 18.1 Å². The summed E-state index contributed by atoms with van der Waals surface area (Å²) in [5.74, 6) is -0.960. The van der Waals surface area contributed by atoms with Gasteiger partial charge in [0.2, 0.25) is 0 Å². The Balaban J connectivity index is 2.98. The number of hydrogen-bond donors (Lipinski definition) is 4. The van der Waals surface area contributed by atoms with Crippen LogP contribution in [0.4, 0.5) is 0 Å². The number of aryl methyl sites for hydroxylation is 3. The zero-order valence-corrected chi connectivity index (χ0v) is 12.9. The van der Waals surface area contributed by atoms with Crippen LogP contribution in [0.15, 0.2) is 12.1 Å². The summed E-state index contributed by atoms with van der Waals surface area (Å²) in [6.45, 7) is 6.33. The first-order valence-corrected chi connectivity index (χ1v) is 7.18. The second-order valence-electron chi connectivity index (χ2n) is 5.49. The number of carbonyl (C=O) groups is 1. The summed E-state index contributed by atoms with van der Waals surface area (Å²) in [6.07, 6.45) is -0.533. The fraction of sp³-hybridized carbons (Fsp3) is 0.562. The molecule has 0 radical (unpaired) electrons. The number of hydrogen-bond acceptors (Lipinski definition) is 4. The lowest BCUT2D eigenvalue weighted by Crippen LogP contribution is -2.38. The summed E-state index contributed by atoms with van der Waals surface area (Å²) < 4.78 is 0. The van der Waals surface area contributed by atoms with Gasteiger partial charge < -0.3 is 20.6 Å². The number of carboxylic acid groups (broad SMARTS) is 1. The minimum absolute atomic E-state index is 0.0332. The van der Waals surface area contributed by atoms with Gasteiger partial charge in [0, 0.05) is 12.6 Å². The average molecular weight is 295 g/mol. The maximum absolute atomic E-state index is 11.0. The molecule has 0 amide bonds. The molecule has 0 fully saturated rings. The fourth-order valence-corrected chi connectivity index (χ4v) is 2.71. The third kappa shape index (κ3) is 5.12. The lowest BCUT2D eigenvalue weighted by atomic mass is 9.90. The Labute approximate surface area is 125 Å². The number of carboxylic acids is 1. The van der Waals surface area contributed by atoms with E-state index in [0.717, 1.165) is 22.3 Å². The van der Waals surface area contributed by atoms with E-state index in [1.807, 2.05) is 32.9 Å². The third-order valence-corrected chi connectivity index (χ3v) is 3.55. The van der Waals surface area contributed by atoms with E-state index in [-0.39, 0.29) is 13.0 Å². The van der Waals surface area contributed by atoms with Crippen molar-refractivity contribution < 1.29 is 20.1 Å². The second-order valence-corrected chi connectivity index (χ2v) is 5.49. The van der Waals surface area contributed by atoms with E-state index in [9.17, 15) is 9.90 Å². The molecule has 0 aliphatic heterocycles. The van der Waals surface area contributed by atoms with Crippen molar-refractivity contribution in [3.05, 3.63) is 34.4 Å². The maximum Gasteiger partial charge on any atom is 0.305 e. The average Bonchev–Trinajstić information content (AvgIpc) is 2.35. The maximum atomic E-state index is 11.0. The molecule has 0 bridgehead atoms. The van der Waals surface area contributed by atoms with Crippen molar-refractivity contribution in [1.29, 1.82) is 0 Å². The van der Waals surface area contributed by atoms with Crippen LogP contribution >= 0.6 is 0 Å². The molecule has 0 saturated heterocycles. The fourth-order valence-electron chi connectivity index (χ4n) is 2.71. The van der Waals surface area contributed by atoms with Crippen LogP contribution in [0.3, 0.4) is 0 Å². The number of aliphatic carboxylic acids is 1. The molecule has 0 aliphatic rings. The molecule has 0 heterocycles. The van der Waals surface area contributed by atoms with Crippen molar-refractivity contribution in [1.82, 2.24) is 5.32 Å². The van der Waals surface area contributed by atoms with Crippen LogP contribution < -0.4 is 5.32 Å². The summed E-state index contributed by atoms with van der Waals surface area (Å²) in [5, 5.41) is 31.5. The summed E-state index contributed by atoms with van der Waals surface area (Å²) in [5.41, 5.74) is 3.81. The zero-order valence-electron chi connectivity index (χ0n) is 12.9. The zero-order chi connectivity index (χ0) is 16.0. The van der Waals surface area contributed by atoms with Gasteiger partial charge in [-0.15, -0.1) is 0 Å². The Morgan fingerprint density at radius 3 is 2.29 bits per heavy atom. The molecule has 21 heavy (non-hydrogen) atoms. The van der Waals surface area contributed by atoms with Gasteiger partial charge in [-0.3, -0.25) is 4.79 Å². The van der Waals surface area contributed by atoms with Crippen LogP contribution in [0.1, 0.15) is 41.2 Å². The Morgan fingerprint density at radius 2 is 1.81 bits per heavy atom. The second kappa shape index (κ2) is 8.12. The minimum atomic E-state index is -0.960. The molecule has 1 rings (SSSR count). The van der Waals surface area contributed by atoms with Crippen molar-refractivity contribution in [3.63, 3.8) is 0 Å². The molecular weight excluding hydrogens is 270 g/mol. The van der Waals surface area contributed by atoms with E-state index >= 15 is 0 Å². The standard InChI is InChI=1S/C16H25NO4/c1-10-7-11(2)15(12(3)8-10)16(21)13(9-14(19)20)17-5-4-6-18/h7-8,13,16-18,21H,4-6,9H2,1-3H3,(H,19,20). The number of benzene rings is 1. The van der Waals surface area contributed by atoms with Gasteiger partial charge in [-0.05, 0) is 50.4 Å². The van der Waals surface area contributed by atoms with Gasteiger partial charge in [-0.1, -0.05) is 17.7 Å². The van der Waals surface area contributed by atoms with Crippen LogP contribution in [0.2, 0.25) is 0 Å².